The third-order valence-corrected chi connectivity index (χ3v) is 2.69. The second kappa shape index (κ2) is 6.69. The monoisotopic (exact) mass is 294 g/mol. The van der Waals surface area contributed by atoms with Gasteiger partial charge in [0, 0.05) is 18.8 Å². The number of alkyl halides is 2. The quantitative estimate of drug-likeness (QED) is 0.863. The number of H-pyrrole nitrogens is 1. The molecule has 2 rings (SSSR count). The summed E-state index contributed by atoms with van der Waals surface area (Å²) in [6.45, 7) is 0.291. The average Bonchev–Trinajstić information content (AvgIpc) is 2.49. The minimum Gasteiger partial charge on any atom is -0.350 e. The molecule has 0 fully saturated rings. The lowest BCUT2D eigenvalue weighted by atomic mass is 10.2. The third kappa shape index (κ3) is 4.16. The molecule has 2 aromatic heterocycles. The van der Waals surface area contributed by atoms with Crippen LogP contribution in [-0.2, 0) is 6.42 Å². The van der Waals surface area contributed by atoms with Gasteiger partial charge in [0.05, 0.1) is 0 Å². The number of amides is 1. The molecule has 0 bridgehead atoms. The molecule has 0 radical (unpaired) electrons. The molecule has 0 spiro atoms. The van der Waals surface area contributed by atoms with E-state index in [1.165, 1.54) is 6.07 Å². The van der Waals surface area contributed by atoms with E-state index < -0.39 is 18.0 Å². The zero-order chi connectivity index (χ0) is 15.2. The van der Waals surface area contributed by atoms with Gasteiger partial charge in [-0.25, -0.2) is 18.7 Å². The van der Waals surface area contributed by atoms with Crippen molar-refractivity contribution < 1.29 is 13.6 Å². The number of aromatic amines is 1. The largest absolute Gasteiger partial charge is 0.350 e. The van der Waals surface area contributed by atoms with Crippen molar-refractivity contribution in [2.45, 2.75) is 12.8 Å². The van der Waals surface area contributed by atoms with Gasteiger partial charge in [0.2, 0.25) is 5.56 Å². The zero-order valence-electron chi connectivity index (χ0n) is 10.8. The molecule has 2 heterocycles. The first-order valence-electron chi connectivity index (χ1n) is 6.12. The molecule has 0 aromatic carbocycles. The number of nitrogens with zero attached hydrogens (tertiary/aromatic N) is 2. The summed E-state index contributed by atoms with van der Waals surface area (Å²) >= 11 is 0. The van der Waals surface area contributed by atoms with Crippen molar-refractivity contribution in [3.8, 4) is 0 Å². The van der Waals surface area contributed by atoms with E-state index >= 15 is 0 Å². The van der Waals surface area contributed by atoms with Crippen LogP contribution >= 0.6 is 0 Å². The number of hydrogen-bond acceptors (Lipinski definition) is 4. The fourth-order valence-corrected chi connectivity index (χ4v) is 1.63. The fraction of sp³-hybridized carbons (Fsp3) is 0.231. The molecule has 110 valence electrons. The highest BCUT2D eigenvalue weighted by Gasteiger charge is 2.13. The predicted octanol–water partition coefficient (Wildman–Crippen LogP) is 1.07. The summed E-state index contributed by atoms with van der Waals surface area (Å²) in [6.07, 6.45) is 0.225. The highest BCUT2D eigenvalue weighted by atomic mass is 19.3. The van der Waals surface area contributed by atoms with Gasteiger partial charge >= 0.3 is 0 Å². The van der Waals surface area contributed by atoms with E-state index in [0.29, 0.717) is 13.0 Å². The Hall–Kier alpha value is -2.64. The SMILES string of the molecule is O=C(NCCc1ccc(=O)[nH]c1)c1cc(C(F)F)ncn1. The van der Waals surface area contributed by atoms with E-state index in [1.54, 1.807) is 12.3 Å². The molecule has 0 saturated carbocycles. The summed E-state index contributed by atoms with van der Waals surface area (Å²) in [5.41, 5.74) is 0.0340. The number of pyridine rings is 1. The van der Waals surface area contributed by atoms with Gasteiger partial charge in [-0.05, 0) is 18.1 Å². The van der Waals surface area contributed by atoms with Crippen molar-refractivity contribution >= 4 is 5.91 Å². The molecule has 8 heteroatoms. The van der Waals surface area contributed by atoms with Crippen LogP contribution in [0.4, 0.5) is 8.78 Å². The average molecular weight is 294 g/mol. The van der Waals surface area contributed by atoms with E-state index in [9.17, 15) is 18.4 Å². The van der Waals surface area contributed by atoms with Crippen molar-refractivity contribution in [2.24, 2.45) is 0 Å². The maximum absolute atomic E-state index is 12.5. The molecule has 2 N–H and O–H groups in total. The highest BCUT2D eigenvalue weighted by molar-refractivity contribution is 5.92. The van der Waals surface area contributed by atoms with Crippen LogP contribution in [0.1, 0.15) is 28.2 Å². The molecular weight excluding hydrogens is 282 g/mol. The van der Waals surface area contributed by atoms with Gasteiger partial charge in [-0.3, -0.25) is 9.59 Å². The first-order chi connectivity index (χ1) is 10.1. The highest BCUT2D eigenvalue weighted by Crippen LogP contribution is 2.15. The minimum absolute atomic E-state index is 0.109. The maximum atomic E-state index is 12.5. The van der Waals surface area contributed by atoms with E-state index in [4.69, 9.17) is 0 Å². The van der Waals surface area contributed by atoms with Crippen molar-refractivity contribution in [1.82, 2.24) is 20.3 Å². The first kappa shape index (κ1) is 14.8. The van der Waals surface area contributed by atoms with Gasteiger partial charge in [0.25, 0.3) is 12.3 Å². The Morgan fingerprint density at radius 3 is 2.81 bits per heavy atom. The van der Waals surface area contributed by atoms with Gasteiger partial charge in [0.15, 0.2) is 0 Å². The number of hydrogen-bond donors (Lipinski definition) is 2. The van der Waals surface area contributed by atoms with Crippen molar-refractivity contribution in [1.29, 1.82) is 0 Å². The summed E-state index contributed by atoms with van der Waals surface area (Å²) in [5, 5.41) is 2.56. The van der Waals surface area contributed by atoms with E-state index in [-0.39, 0.29) is 11.3 Å². The number of rotatable bonds is 5. The van der Waals surface area contributed by atoms with Crippen LogP contribution in [0.3, 0.4) is 0 Å². The van der Waals surface area contributed by atoms with Crippen LogP contribution in [0.25, 0.3) is 0 Å². The topological polar surface area (TPSA) is 87.7 Å². The normalized spacial score (nSPS) is 10.6. The lowest BCUT2D eigenvalue weighted by Crippen LogP contribution is -2.27. The van der Waals surface area contributed by atoms with Crippen LogP contribution in [0, 0.1) is 0 Å². The zero-order valence-corrected chi connectivity index (χ0v) is 10.8. The van der Waals surface area contributed by atoms with Gasteiger partial charge < -0.3 is 10.3 Å². The van der Waals surface area contributed by atoms with E-state index in [0.717, 1.165) is 18.0 Å². The molecule has 0 aliphatic carbocycles. The second-order valence-electron chi connectivity index (χ2n) is 4.20. The molecular formula is C13H12F2N4O2. The lowest BCUT2D eigenvalue weighted by Gasteiger charge is -2.05. The lowest BCUT2D eigenvalue weighted by molar-refractivity contribution is 0.0948. The molecule has 1 amide bonds. The van der Waals surface area contributed by atoms with Gasteiger partial charge in [-0.15, -0.1) is 0 Å². The number of aromatic nitrogens is 3. The summed E-state index contributed by atoms with van der Waals surface area (Å²) < 4.78 is 24.9. The number of carbonyl (C=O) groups excluding carboxylic acids is 1. The fourth-order valence-electron chi connectivity index (χ4n) is 1.63. The van der Waals surface area contributed by atoms with E-state index in [1.807, 2.05) is 0 Å². The minimum atomic E-state index is -2.75. The van der Waals surface area contributed by atoms with E-state index in [2.05, 4.69) is 20.3 Å². The van der Waals surface area contributed by atoms with Crippen molar-refractivity contribution in [3.63, 3.8) is 0 Å². The Labute approximate surface area is 118 Å². The molecule has 2 aromatic rings. The maximum Gasteiger partial charge on any atom is 0.280 e. The molecule has 0 unspecified atom stereocenters. The summed E-state index contributed by atoms with van der Waals surface area (Å²) in [4.78, 5) is 32.2. The van der Waals surface area contributed by atoms with Crippen LogP contribution < -0.4 is 10.9 Å². The number of nitrogens with one attached hydrogen (secondary N) is 2. The number of halogens is 2. The first-order valence-corrected chi connectivity index (χ1v) is 6.12. The Morgan fingerprint density at radius 1 is 1.33 bits per heavy atom. The van der Waals surface area contributed by atoms with Gasteiger partial charge in [0.1, 0.15) is 17.7 Å². The Balaban J connectivity index is 1.91. The van der Waals surface area contributed by atoms with Gasteiger partial charge in [-0.1, -0.05) is 6.07 Å². The predicted molar refractivity (Wildman–Crippen MR) is 70.1 cm³/mol. The molecule has 0 atom stereocenters. The Morgan fingerprint density at radius 2 is 2.14 bits per heavy atom. The molecule has 21 heavy (non-hydrogen) atoms. The van der Waals surface area contributed by atoms with Crippen LogP contribution in [-0.4, -0.2) is 27.4 Å². The Bertz CT molecular complexity index is 667. The Kier molecular flexibility index (Phi) is 4.70. The molecule has 6 nitrogen and oxygen atoms in total. The standard InChI is InChI=1S/C13H12F2N4O2/c14-12(15)9-5-10(19-7-18-9)13(21)16-4-3-8-1-2-11(20)17-6-8/h1-2,5-7,12H,3-4H2,(H,16,21)(H,17,20). The molecule has 0 aliphatic heterocycles. The van der Waals surface area contributed by atoms with Crippen LogP contribution in [0.2, 0.25) is 0 Å². The number of carbonyl (C=O) groups is 1. The van der Waals surface area contributed by atoms with Crippen LogP contribution in [0.15, 0.2) is 35.5 Å². The summed E-state index contributed by atoms with van der Waals surface area (Å²) in [6, 6.07) is 3.99. The van der Waals surface area contributed by atoms with Gasteiger partial charge in [-0.2, -0.15) is 0 Å². The second-order valence-corrected chi connectivity index (χ2v) is 4.20. The smallest absolute Gasteiger partial charge is 0.280 e. The third-order valence-electron chi connectivity index (χ3n) is 2.69. The summed E-state index contributed by atoms with van der Waals surface area (Å²) in [5.74, 6) is -0.552. The molecule has 0 saturated heterocycles. The summed E-state index contributed by atoms with van der Waals surface area (Å²) in [7, 11) is 0. The van der Waals surface area contributed by atoms with Crippen molar-refractivity contribution in [2.75, 3.05) is 6.54 Å². The van der Waals surface area contributed by atoms with Crippen molar-refractivity contribution in [3.05, 3.63) is 58.0 Å². The molecule has 0 aliphatic rings. The van der Waals surface area contributed by atoms with Crippen LogP contribution in [0.5, 0.6) is 0 Å².